The van der Waals surface area contributed by atoms with Crippen LogP contribution in [-0.2, 0) is 6.42 Å². The van der Waals surface area contributed by atoms with Crippen molar-refractivity contribution < 1.29 is 4.92 Å². The highest BCUT2D eigenvalue weighted by molar-refractivity contribution is 6.20. The van der Waals surface area contributed by atoms with Gasteiger partial charge >= 0.3 is 0 Å². The molecule has 0 bridgehead atoms. The van der Waals surface area contributed by atoms with Gasteiger partial charge in [-0.2, -0.15) is 0 Å². The van der Waals surface area contributed by atoms with E-state index in [0.29, 0.717) is 12.3 Å². The van der Waals surface area contributed by atoms with Crippen LogP contribution in [0, 0.1) is 16.0 Å². The molecule has 1 aromatic rings. The fourth-order valence-corrected chi connectivity index (χ4v) is 2.26. The minimum absolute atomic E-state index is 0.0361. The van der Waals surface area contributed by atoms with Crippen LogP contribution in [0.3, 0.4) is 0 Å². The first-order valence-corrected chi connectivity index (χ1v) is 6.34. The molecule has 0 N–H and O–H groups in total. The third-order valence-corrected chi connectivity index (χ3v) is 3.32. The van der Waals surface area contributed by atoms with Gasteiger partial charge in [-0.1, -0.05) is 38.5 Å². The number of nitro groups is 1. The molecule has 0 amide bonds. The Morgan fingerprint density at radius 3 is 2.65 bits per heavy atom. The lowest BCUT2D eigenvalue weighted by Gasteiger charge is -2.14. The summed E-state index contributed by atoms with van der Waals surface area (Å²) in [7, 11) is 0. The van der Waals surface area contributed by atoms with Gasteiger partial charge in [0.2, 0.25) is 0 Å². The molecule has 94 valence electrons. The maximum Gasteiger partial charge on any atom is 0.272 e. The zero-order valence-corrected chi connectivity index (χ0v) is 11.0. The highest BCUT2D eigenvalue weighted by Gasteiger charge is 2.17. The number of hydrogen-bond donors (Lipinski definition) is 0. The van der Waals surface area contributed by atoms with Gasteiger partial charge in [0.25, 0.3) is 5.69 Å². The Labute approximate surface area is 107 Å². The summed E-state index contributed by atoms with van der Waals surface area (Å²) in [5.41, 5.74) is 0.892. The third kappa shape index (κ3) is 4.35. The number of alkyl halides is 1. The van der Waals surface area contributed by atoms with E-state index in [4.69, 9.17) is 11.6 Å². The second kappa shape index (κ2) is 6.60. The molecule has 0 spiro atoms. The number of nitro benzene ring substituents is 1. The van der Waals surface area contributed by atoms with Gasteiger partial charge < -0.3 is 0 Å². The highest BCUT2D eigenvalue weighted by atomic mass is 35.5. The van der Waals surface area contributed by atoms with E-state index in [9.17, 15) is 10.1 Å². The summed E-state index contributed by atoms with van der Waals surface area (Å²) >= 11 is 6.24. The van der Waals surface area contributed by atoms with Crippen molar-refractivity contribution >= 4 is 17.3 Å². The van der Waals surface area contributed by atoms with Crippen molar-refractivity contribution in [3.8, 4) is 0 Å². The van der Waals surface area contributed by atoms with Gasteiger partial charge in [-0.25, -0.2) is 0 Å². The van der Waals surface area contributed by atoms with Crippen LogP contribution < -0.4 is 0 Å². The summed E-state index contributed by atoms with van der Waals surface area (Å²) in [6, 6.07) is 6.81. The van der Waals surface area contributed by atoms with Crippen LogP contribution in [0.5, 0.6) is 0 Å². The lowest BCUT2D eigenvalue weighted by Crippen LogP contribution is -2.09. The summed E-state index contributed by atoms with van der Waals surface area (Å²) in [6.45, 7) is 4.27. The van der Waals surface area contributed by atoms with Crippen LogP contribution in [0.2, 0.25) is 0 Å². The van der Waals surface area contributed by atoms with E-state index < -0.39 is 0 Å². The van der Waals surface area contributed by atoms with Crippen LogP contribution in [0.15, 0.2) is 24.3 Å². The Kier molecular flexibility index (Phi) is 5.42. The monoisotopic (exact) mass is 255 g/mol. The predicted molar refractivity (Wildman–Crippen MR) is 70.5 cm³/mol. The Morgan fingerprint density at radius 1 is 1.41 bits per heavy atom. The summed E-state index contributed by atoms with van der Waals surface area (Å²) in [4.78, 5) is 10.5. The standard InChI is InChI=1S/C13H18ClNO2/c1-3-10(2)8-12(14)9-11-6-4-5-7-13(11)15(16)17/h4-7,10,12H,3,8-9H2,1-2H3. The fraction of sp³-hybridized carbons (Fsp3) is 0.538. The lowest BCUT2D eigenvalue weighted by atomic mass is 9.98. The molecule has 17 heavy (non-hydrogen) atoms. The van der Waals surface area contributed by atoms with Crippen molar-refractivity contribution in [2.24, 2.45) is 5.92 Å². The molecule has 1 aromatic carbocycles. The van der Waals surface area contributed by atoms with Crippen molar-refractivity contribution in [2.45, 2.75) is 38.5 Å². The SMILES string of the molecule is CCC(C)CC(Cl)Cc1ccccc1[N+](=O)[O-]. The second-order valence-corrected chi connectivity index (χ2v) is 5.05. The largest absolute Gasteiger partial charge is 0.272 e. The van der Waals surface area contributed by atoms with Crippen molar-refractivity contribution in [1.82, 2.24) is 0 Å². The van der Waals surface area contributed by atoms with Gasteiger partial charge in [0.15, 0.2) is 0 Å². The molecular weight excluding hydrogens is 238 g/mol. The number of rotatable bonds is 6. The molecule has 0 radical (unpaired) electrons. The molecule has 4 heteroatoms. The average molecular weight is 256 g/mol. The first-order chi connectivity index (χ1) is 8.04. The summed E-state index contributed by atoms with van der Waals surface area (Å²) in [5.74, 6) is 0.556. The molecule has 3 nitrogen and oxygen atoms in total. The number of para-hydroxylation sites is 1. The van der Waals surface area contributed by atoms with Gasteiger partial charge in [-0.05, 0) is 18.8 Å². The molecule has 0 aliphatic rings. The quantitative estimate of drug-likeness (QED) is 0.435. The number of hydrogen-bond acceptors (Lipinski definition) is 2. The average Bonchev–Trinajstić information content (AvgIpc) is 2.29. The zero-order valence-electron chi connectivity index (χ0n) is 10.2. The smallest absolute Gasteiger partial charge is 0.258 e. The van der Waals surface area contributed by atoms with Crippen molar-refractivity contribution in [3.05, 3.63) is 39.9 Å². The normalized spacial score (nSPS) is 14.3. The number of benzene rings is 1. The second-order valence-electron chi connectivity index (χ2n) is 4.44. The van der Waals surface area contributed by atoms with Gasteiger partial charge in [0, 0.05) is 17.0 Å². The van der Waals surface area contributed by atoms with Crippen LogP contribution >= 0.6 is 11.6 Å². The highest BCUT2D eigenvalue weighted by Crippen LogP contribution is 2.24. The van der Waals surface area contributed by atoms with Crippen molar-refractivity contribution in [2.75, 3.05) is 0 Å². The predicted octanol–water partition coefficient (Wildman–Crippen LogP) is 4.18. The van der Waals surface area contributed by atoms with E-state index in [1.165, 1.54) is 6.07 Å². The molecule has 0 saturated carbocycles. The molecule has 0 aliphatic carbocycles. The molecule has 0 aliphatic heterocycles. The van der Waals surface area contributed by atoms with E-state index in [-0.39, 0.29) is 16.0 Å². The van der Waals surface area contributed by atoms with Gasteiger partial charge in [0.05, 0.1) is 4.92 Å². The first-order valence-electron chi connectivity index (χ1n) is 5.91. The van der Waals surface area contributed by atoms with E-state index >= 15 is 0 Å². The maximum absolute atomic E-state index is 10.8. The van der Waals surface area contributed by atoms with Gasteiger partial charge in [0.1, 0.15) is 0 Å². The Balaban J connectivity index is 2.71. The van der Waals surface area contributed by atoms with E-state index in [1.54, 1.807) is 12.1 Å². The van der Waals surface area contributed by atoms with E-state index in [2.05, 4.69) is 13.8 Å². The summed E-state index contributed by atoms with van der Waals surface area (Å²) in [6.07, 6.45) is 2.53. The zero-order chi connectivity index (χ0) is 12.8. The topological polar surface area (TPSA) is 43.1 Å². The van der Waals surface area contributed by atoms with Crippen LogP contribution in [0.1, 0.15) is 32.3 Å². The Morgan fingerprint density at radius 2 is 2.06 bits per heavy atom. The molecule has 0 aromatic heterocycles. The number of halogens is 1. The minimum Gasteiger partial charge on any atom is -0.258 e. The van der Waals surface area contributed by atoms with E-state index in [1.807, 2.05) is 6.07 Å². The van der Waals surface area contributed by atoms with Crippen molar-refractivity contribution in [3.63, 3.8) is 0 Å². The molecule has 2 unspecified atom stereocenters. The van der Waals surface area contributed by atoms with Crippen LogP contribution in [-0.4, -0.2) is 10.3 Å². The molecule has 1 rings (SSSR count). The van der Waals surface area contributed by atoms with Crippen molar-refractivity contribution in [1.29, 1.82) is 0 Å². The molecule has 2 atom stereocenters. The third-order valence-electron chi connectivity index (χ3n) is 2.98. The number of nitrogens with zero attached hydrogens (tertiary/aromatic N) is 1. The summed E-state index contributed by atoms with van der Waals surface area (Å²) < 4.78 is 0. The van der Waals surface area contributed by atoms with Gasteiger partial charge in [-0.3, -0.25) is 10.1 Å². The molecule has 0 fully saturated rings. The Bertz CT molecular complexity index is 381. The maximum atomic E-state index is 10.8. The van der Waals surface area contributed by atoms with Gasteiger partial charge in [-0.15, -0.1) is 11.6 Å². The molecular formula is C13H18ClNO2. The van der Waals surface area contributed by atoms with Crippen LogP contribution in [0.4, 0.5) is 5.69 Å². The fourth-order valence-electron chi connectivity index (χ4n) is 1.79. The lowest BCUT2D eigenvalue weighted by molar-refractivity contribution is -0.385. The van der Waals surface area contributed by atoms with E-state index in [0.717, 1.165) is 18.4 Å². The molecule has 0 saturated heterocycles. The summed E-state index contributed by atoms with van der Waals surface area (Å²) in [5, 5.41) is 10.8. The molecule has 0 heterocycles. The minimum atomic E-state index is -0.345. The first kappa shape index (κ1) is 14.0. The Hall–Kier alpha value is -1.09. The van der Waals surface area contributed by atoms with Crippen LogP contribution in [0.25, 0.3) is 0 Å².